The number of amides is 1. The van der Waals surface area contributed by atoms with Crippen LogP contribution in [0.3, 0.4) is 0 Å². The van der Waals surface area contributed by atoms with Crippen LogP contribution in [0.2, 0.25) is 0 Å². The monoisotopic (exact) mass is 288 g/mol. The van der Waals surface area contributed by atoms with E-state index in [9.17, 15) is 4.79 Å². The van der Waals surface area contributed by atoms with Gasteiger partial charge in [-0.15, -0.1) is 0 Å². The summed E-state index contributed by atoms with van der Waals surface area (Å²) in [7, 11) is 0. The summed E-state index contributed by atoms with van der Waals surface area (Å²) in [4.78, 5) is 13.0. The van der Waals surface area contributed by atoms with Crippen molar-refractivity contribution in [2.45, 2.75) is 47.0 Å². The molecule has 1 heterocycles. The van der Waals surface area contributed by atoms with Crippen LogP contribution in [-0.4, -0.2) is 19.0 Å². The fourth-order valence-corrected chi connectivity index (χ4v) is 3.30. The minimum atomic E-state index is -0.272. The second-order valence-electron chi connectivity index (χ2n) is 6.35. The van der Waals surface area contributed by atoms with Gasteiger partial charge < -0.3 is 10.6 Å². The van der Waals surface area contributed by atoms with Gasteiger partial charge in [0.25, 0.3) is 0 Å². The average molecular weight is 288 g/mol. The zero-order valence-electron chi connectivity index (χ0n) is 13.8. The number of carbonyl (C=O) groups excluding carboxylic acids is 1. The minimum Gasteiger partial charge on any atom is -0.325 e. The molecule has 116 valence electrons. The Morgan fingerprint density at radius 1 is 1.29 bits per heavy atom. The van der Waals surface area contributed by atoms with E-state index >= 15 is 0 Å². The lowest BCUT2D eigenvalue weighted by atomic mass is 9.75. The topological polar surface area (TPSA) is 41.1 Å². The first-order valence-electron chi connectivity index (χ1n) is 8.18. The number of hydrogen-bond acceptors (Lipinski definition) is 2. The highest BCUT2D eigenvalue weighted by Gasteiger charge is 2.44. The Labute approximate surface area is 128 Å². The van der Waals surface area contributed by atoms with Gasteiger partial charge in [-0.1, -0.05) is 45.9 Å². The molecule has 3 nitrogen and oxygen atoms in total. The smallest absolute Gasteiger partial charge is 0.232 e. The molecule has 1 aliphatic heterocycles. The van der Waals surface area contributed by atoms with E-state index in [0.717, 1.165) is 38.0 Å². The first-order valence-corrected chi connectivity index (χ1v) is 8.18. The maximum Gasteiger partial charge on any atom is 0.232 e. The predicted molar refractivity (Wildman–Crippen MR) is 88.6 cm³/mol. The van der Waals surface area contributed by atoms with E-state index in [0.29, 0.717) is 5.92 Å². The molecule has 1 amide bonds. The standard InChI is InChI=1S/C18H28N2O/c1-5-14-8-7-9-15(6-2)16(14)20-17(21)18(13(3)4)10-11-19-12-18/h7-9,13,19H,5-6,10-12H2,1-4H3,(H,20,21). The van der Waals surface area contributed by atoms with Crippen molar-refractivity contribution in [3.05, 3.63) is 29.3 Å². The van der Waals surface area contributed by atoms with Crippen LogP contribution in [0.15, 0.2) is 18.2 Å². The largest absolute Gasteiger partial charge is 0.325 e. The highest BCUT2D eigenvalue weighted by molar-refractivity contribution is 5.97. The molecule has 0 aliphatic carbocycles. The molecule has 0 aromatic heterocycles. The van der Waals surface area contributed by atoms with Crippen LogP contribution >= 0.6 is 0 Å². The van der Waals surface area contributed by atoms with Gasteiger partial charge in [-0.3, -0.25) is 4.79 Å². The molecule has 1 aromatic rings. The number of para-hydroxylation sites is 1. The van der Waals surface area contributed by atoms with Crippen LogP contribution in [-0.2, 0) is 17.6 Å². The summed E-state index contributed by atoms with van der Waals surface area (Å²) in [5.74, 6) is 0.518. The first kappa shape index (κ1) is 16.0. The van der Waals surface area contributed by atoms with Gasteiger partial charge in [0.1, 0.15) is 0 Å². The van der Waals surface area contributed by atoms with Gasteiger partial charge in [-0.2, -0.15) is 0 Å². The third kappa shape index (κ3) is 2.98. The van der Waals surface area contributed by atoms with E-state index in [1.807, 2.05) is 0 Å². The lowest BCUT2D eigenvalue weighted by Gasteiger charge is -2.31. The third-order valence-electron chi connectivity index (χ3n) is 4.98. The maximum absolute atomic E-state index is 13.0. The fraction of sp³-hybridized carbons (Fsp3) is 0.611. The molecule has 1 aliphatic rings. The van der Waals surface area contributed by atoms with Gasteiger partial charge in [0, 0.05) is 12.2 Å². The molecule has 0 bridgehead atoms. The van der Waals surface area contributed by atoms with Crippen molar-refractivity contribution >= 4 is 11.6 Å². The number of hydrogen-bond donors (Lipinski definition) is 2. The quantitative estimate of drug-likeness (QED) is 0.872. The van der Waals surface area contributed by atoms with Crippen molar-refractivity contribution in [1.82, 2.24) is 5.32 Å². The molecule has 1 atom stereocenters. The van der Waals surface area contributed by atoms with Crippen LogP contribution in [0.4, 0.5) is 5.69 Å². The molecule has 0 radical (unpaired) electrons. The Morgan fingerprint density at radius 3 is 2.33 bits per heavy atom. The van der Waals surface area contributed by atoms with Crippen molar-refractivity contribution in [1.29, 1.82) is 0 Å². The van der Waals surface area contributed by atoms with E-state index < -0.39 is 0 Å². The van der Waals surface area contributed by atoms with Crippen LogP contribution in [0.1, 0.15) is 45.2 Å². The normalized spacial score (nSPS) is 21.8. The summed E-state index contributed by atoms with van der Waals surface area (Å²) in [6, 6.07) is 6.32. The summed E-state index contributed by atoms with van der Waals surface area (Å²) in [5.41, 5.74) is 3.23. The molecule has 21 heavy (non-hydrogen) atoms. The van der Waals surface area contributed by atoms with Crippen molar-refractivity contribution in [3.63, 3.8) is 0 Å². The Kier molecular flexibility index (Phi) is 5.04. The van der Waals surface area contributed by atoms with Gasteiger partial charge in [0.2, 0.25) is 5.91 Å². The summed E-state index contributed by atoms with van der Waals surface area (Å²) in [6.45, 7) is 10.3. The zero-order chi connectivity index (χ0) is 15.5. The minimum absolute atomic E-state index is 0.179. The van der Waals surface area contributed by atoms with Crippen LogP contribution < -0.4 is 10.6 Å². The number of carbonyl (C=O) groups is 1. The number of anilines is 1. The van der Waals surface area contributed by atoms with E-state index in [-0.39, 0.29) is 11.3 Å². The number of nitrogens with one attached hydrogen (secondary N) is 2. The second kappa shape index (κ2) is 6.61. The van der Waals surface area contributed by atoms with Crippen molar-refractivity contribution < 1.29 is 4.79 Å². The van der Waals surface area contributed by atoms with Gasteiger partial charge in [-0.05, 0) is 42.9 Å². The molecule has 0 saturated carbocycles. The maximum atomic E-state index is 13.0. The number of aryl methyl sites for hydroxylation is 2. The Morgan fingerprint density at radius 2 is 1.90 bits per heavy atom. The fourth-order valence-electron chi connectivity index (χ4n) is 3.30. The summed E-state index contributed by atoms with van der Waals surface area (Å²) < 4.78 is 0. The van der Waals surface area contributed by atoms with Crippen LogP contribution in [0, 0.1) is 11.3 Å². The Hall–Kier alpha value is -1.35. The van der Waals surface area contributed by atoms with E-state index in [1.54, 1.807) is 0 Å². The van der Waals surface area contributed by atoms with Crippen molar-refractivity contribution in [2.75, 3.05) is 18.4 Å². The summed E-state index contributed by atoms with van der Waals surface area (Å²) in [6.07, 6.45) is 2.80. The second-order valence-corrected chi connectivity index (χ2v) is 6.35. The van der Waals surface area contributed by atoms with Gasteiger partial charge in [0.15, 0.2) is 0 Å². The molecule has 1 saturated heterocycles. The molecule has 1 fully saturated rings. The molecular weight excluding hydrogens is 260 g/mol. The summed E-state index contributed by atoms with van der Waals surface area (Å²) >= 11 is 0. The molecule has 2 N–H and O–H groups in total. The Balaban J connectivity index is 2.31. The molecule has 2 rings (SSSR count). The highest BCUT2D eigenvalue weighted by Crippen LogP contribution is 2.36. The predicted octanol–water partition coefficient (Wildman–Crippen LogP) is 3.39. The average Bonchev–Trinajstić information content (AvgIpc) is 2.98. The molecule has 0 spiro atoms. The molecule has 1 unspecified atom stereocenters. The zero-order valence-corrected chi connectivity index (χ0v) is 13.8. The van der Waals surface area contributed by atoms with E-state index in [4.69, 9.17) is 0 Å². The summed E-state index contributed by atoms with van der Waals surface area (Å²) in [5, 5.41) is 6.62. The third-order valence-corrected chi connectivity index (χ3v) is 4.98. The SMILES string of the molecule is CCc1cccc(CC)c1NC(=O)C1(C(C)C)CCNC1. The van der Waals surface area contributed by atoms with Crippen LogP contribution in [0.5, 0.6) is 0 Å². The van der Waals surface area contributed by atoms with Crippen molar-refractivity contribution in [2.24, 2.45) is 11.3 Å². The van der Waals surface area contributed by atoms with E-state index in [1.165, 1.54) is 11.1 Å². The Bertz CT molecular complexity index is 480. The van der Waals surface area contributed by atoms with Crippen LogP contribution in [0.25, 0.3) is 0 Å². The van der Waals surface area contributed by atoms with Gasteiger partial charge in [-0.25, -0.2) is 0 Å². The molecule has 3 heteroatoms. The van der Waals surface area contributed by atoms with Crippen molar-refractivity contribution in [3.8, 4) is 0 Å². The number of benzene rings is 1. The highest BCUT2D eigenvalue weighted by atomic mass is 16.2. The van der Waals surface area contributed by atoms with E-state index in [2.05, 4.69) is 56.5 Å². The number of rotatable bonds is 5. The van der Waals surface area contributed by atoms with Gasteiger partial charge in [0.05, 0.1) is 5.41 Å². The van der Waals surface area contributed by atoms with Gasteiger partial charge >= 0.3 is 0 Å². The lowest BCUT2D eigenvalue weighted by molar-refractivity contribution is -0.126. The lowest BCUT2D eigenvalue weighted by Crippen LogP contribution is -2.42. The molecular formula is C18H28N2O. The molecule has 1 aromatic carbocycles. The first-order chi connectivity index (χ1) is 10.0.